The summed E-state index contributed by atoms with van der Waals surface area (Å²) in [5.74, 6) is -0.771. The van der Waals surface area contributed by atoms with Crippen LogP contribution in [0.15, 0.2) is 42.5 Å². The summed E-state index contributed by atoms with van der Waals surface area (Å²) in [6, 6.07) is 8.10. The fourth-order valence-electron chi connectivity index (χ4n) is 1.66. The number of rotatable bonds is 4. The van der Waals surface area contributed by atoms with Crippen molar-refractivity contribution in [3.8, 4) is 5.75 Å². The Hall–Kier alpha value is -2.37. The molecule has 0 aliphatic carbocycles. The van der Waals surface area contributed by atoms with E-state index in [9.17, 15) is 22.4 Å². The fraction of sp³-hybridized carbons (Fsp3) is 0.133. The third kappa shape index (κ3) is 3.81. The molecule has 0 aliphatic heterocycles. The summed E-state index contributed by atoms with van der Waals surface area (Å²) < 4.78 is 55.9. The van der Waals surface area contributed by atoms with Gasteiger partial charge in [-0.2, -0.15) is 13.2 Å². The first-order valence-electron chi connectivity index (χ1n) is 5.94. The lowest BCUT2D eigenvalue weighted by atomic mass is 10.1. The second-order valence-corrected chi connectivity index (χ2v) is 4.29. The van der Waals surface area contributed by atoms with Crippen molar-refractivity contribution in [3.63, 3.8) is 0 Å². The monoisotopic (exact) mass is 298 g/mol. The molecule has 0 bridgehead atoms. The van der Waals surface area contributed by atoms with Gasteiger partial charge in [0.15, 0.2) is 11.6 Å². The van der Waals surface area contributed by atoms with E-state index >= 15 is 0 Å². The van der Waals surface area contributed by atoms with Crippen molar-refractivity contribution in [1.29, 1.82) is 0 Å². The lowest BCUT2D eigenvalue weighted by Crippen LogP contribution is -2.05. The van der Waals surface area contributed by atoms with Gasteiger partial charge < -0.3 is 4.74 Å². The van der Waals surface area contributed by atoms with Crippen LogP contribution in [0.5, 0.6) is 5.75 Å². The van der Waals surface area contributed by atoms with Gasteiger partial charge >= 0.3 is 6.18 Å². The van der Waals surface area contributed by atoms with E-state index in [1.54, 1.807) is 0 Å². The van der Waals surface area contributed by atoms with E-state index in [1.807, 2.05) is 0 Å². The van der Waals surface area contributed by atoms with Crippen LogP contribution in [-0.4, -0.2) is 6.29 Å². The summed E-state index contributed by atoms with van der Waals surface area (Å²) in [6.07, 6.45) is -3.89. The summed E-state index contributed by atoms with van der Waals surface area (Å²) in [5, 5.41) is 0. The molecule has 0 atom stereocenters. The van der Waals surface area contributed by atoms with Crippen LogP contribution in [0.1, 0.15) is 21.5 Å². The highest BCUT2D eigenvalue weighted by Crippen LogP contribution is 2.29. The summed E-state index contributed by atoms with van der Waals surface area (Å²) in [4.78, 5) is 10.5. The van der Waals surface area contributed by atoms with Gasteiger partial charge in [0.25, 0.3) is 0 Å². The third-order valence-corrected chi connectivity index (χ3v) is 2.77. The van der Waals surface area contributed by atoms with Gasteiger partial charge in [0.2, 0.25) is 0 Å². The van der Waals surface area contributed by atoms with Crippen LogP contribution >= 0.6 is 0 Å². The van der Waals surface area contributed by atoms with Crippen molar-refractivity contribution >= 4 is 6.29 Å². The highest BCUT2D eigenvalue weighted by molar-refractivity contribution is 5.74. The molecule has 2 rings (SSSR count). The molecule has 0 spiro atoms. The number of carbonyl (C=O) groups is 1. The Bertz CT molecular complexity index is 633. The third-order valence-electron chi connectivity index (χ3n) is 2.77. The first-order chi connectivity index (χ1) is 9.90. The topological polar surface area (TPSA) is 26.3 Å². The molecule has 110 valence electrons. The standard InChI is InChI=1S/C15H10F4O2/c16-13-7-11(8-20)3-6-14(13)21-9-10-1-4-12(5-2-10)15(17,18)19/h1-8H,9H2. The lowest BCUT2D eigenvalue weighted by molar-refractivity contribution is -0.137. The van der Waals surface area contributed by atoms with Crippen molar-refractivity contribution in [2.75, 3.05) is 0 Å². The molecule has 2 aromatic rings. The van der Waals surface area contributed by atoms with Crippen LogP contribution < -0.4 is 4.74 Å². The number of halogens is 4. The summed E-state index contributed by atoms with van der Waals surface area (Å²) in [5.41, 5.74) is -0.107. The number of hydrogen-bond acceptors (Lipinski definition) is 2. The van der Waals surface area contributed by atoms with Gasteiger partial charge in [0, 0.05) is 5.56 Å². The van der Waals surface area contributed by atoms with E-state index in [2.05, 4.69) is 0 Å². The SMILES string of the molecule is O=Cc1ccc(OCc2ccc(C(F)(F)F)cc2)c(F)c1. The maximum Gasteiger partial charge on any atom is 0.416 e. The van der Waals surface area contributed by atoms with Gasteiger partial charge in [-0.25, -0.2) is 4.39 Å². The van der Waals surface area contributed by atoms with E-state index in [0.717, 1.165) is 18.2 Å². The number of benzene rings is 2. The number of alkyl halides is 3. The van der Waals surface area contributed by atoms with Crippen molar-refractivity contribution in [2.24, 2.45) is 0 Å². The Morgan fingerprint density at radius 2 is 1.71 bits per heavy atom. The zero-order chi connectivity index (χ0) is 15.5. The predicted octanol–water partition coefficient (Wildman–Crippen LogP) is 4.24. The van der Waals surface area contributed by atoms with E-state index in [0.29, 0.717) is 11.8 Å². The van der Waals surface area contributed by atoms with E-state index in [1.165, 1.54) is 24.3 Å². The first kappa shape index (κ1) is 15.0. The Kier molecular flexibility index (Phi) is 4.26. The van der Waals surface area contributed by atoms with Crippen molar-refractivity contribution in [3.05, 3.63) is 65.0 Å². The molecule has 0 heterocycles. The lowest BCUT2D eigenvalue weighted by Gasteiger charge is -2.09. The molecule has 0 unspecified atom stereocenters. The molecule has 6 heteroatoms. The predicted molar refractivity (Wildman–Crippen MR) is 67.6 cm³/mol. The molecular weight excluding hydrogens is 288 g/mol. The number of hydrogen-bond donors (Lipinski definition) is 0. The minimum absolute atomic E-state index is 0.0690. The second-order valence-electron chi connectivity index (χ2n) is 4.29. The Morgan fingerprint density at radius 1 is 1.05 bits per heavy atom. The van der Waals surface area contributed by atoms with Gasteiger partial charge in [-0.05, 0) is 35.9 Å². The van der Waals surface area contributed by atoms with Crippen molar-refractivity contribution in [1.82, 2.24) is 0 Å². The fourth-order valence-corrected chi connectivity index (χ4v) is 1.66. The van der Waals surface area contributed by atoms with Crippen LogP contribution in [-0.2, 0) is 12.8 Å². The van der Waals surface area contributed by atoms with Gasteiger partial charge in [-0.15, -0.1) is 0 Å². The molecule has 0 saturated carbocycles. The smallest absolute Gasteiger partial charge is 0.416 e. The highest BCUT2D eigenvalue weighted by atomic mass is 19.4. The van der Waals surface area contributed by atoms with E-state index in [-0.39, 0.29) is 17.9 Å². The second kappa shape index (κ2) is 5.95. The average molecular weight is 298 g/mol. The van der Waals surface area contributed by atoms with Gasteiger partial charge in [-0.1, -0.05) is 12.1 Å². The molecule has 2 nitrogen and oxygen atoms in total. The van der Waals surface area contributed by atoms with Crippen LogP contribution in [0.25, 0.3) is 0 Å². The zero-order valence-corrected chi connectivity index (χ0v) is 10.7. The molecule has 21 heavy (non-hydrogen) atoms. The van der Waals surface area contributed by atoms with Crippen LogP contribution in [0.2, 0.25) is 0 Å². The van der Waals surface area contributed by atoms with E-state index < -0.39 is 17.6 Å². The molecule has 0 amide bonds. The van der Waals surface area contributed by atoms with Crippen LogP contribution in [0.3, 0.4) is 0 Å². The molecule has 0 aliphatic rings. The van der Waals surface area contributed by atoms with Crippen molar-refractivity contribution in [2.45, 2.75) is 12.8 Å². The quantitative estimate of drug-likeness (QED) is 0.623. The Morgan fingerprint density at radius 3 is 2.24 bits per heavy atom. The molecular formula is C15H10F4O2. The average Bonchev–Trinajstić information content (AvgIpc) is 2.45. The summed E-state index contributed by atoms with van der Waals surface area (Å²) in [7, 11) is 0. The minimum atomic E-state index is -4.39. The summed E-state index contributed by atoms with van der Waals surface area (Å²) in [6.45, 7) is -0.0739. The number of carbonyl (C=O) groups excluding carboxylic acids is 1. The van der Waals surface area contributed by atoms with Gasteiger partial charge in [-0.3, -0.25) is 4.79 Å². The largest absolute Gasteiger partial charge is 0.486 e. The first-order valence-corrected chi connectivity index (χ1v) is 5.94. The summed E-state index contributed by atoms with van der Waals surface area (Å²) >= 11 is 0. The van der Waals surface area contributed by atoms with Gasteiger partial charge in [0.1, 0.15) is 12.9 Å². The molecule has 0 N–H and O–H groups in total. The minimum Gasteiger partial charge on any atom is -0.486 e. The van der Waals surface area contributed by atoms with Crippen LogP contribution in [0.4, 0.5) is 17.6 Å². The van der Waals surface area contributed by atoms with Crippen molar-refractivity contribution < 1.29 is 27.1 Å². The highest BCUT2D eigenvalue weighted by Gasteiger charge is 2.29. The van der Waals surface area contributed by atoms with E-state index in [4.69, 9.17) is 4.74 Å². The normalized spacial score (nSPS) is 11.2. The number of ether oxygens (including phenoxy) is 1. The Balaban J connectivity index is 2.05. The molecule has 0 aromatic heterocycles. The molecule has 2 aromatic carbocycles. The van der Waals surface area contributed by atoms with Gasteiger partial charge in [0.05, 0.1) is 5.56 Å². The zero-order valence-electron chi connectivity index (χ0n) is 10.7. The molecule has 0 fully saturated rings. The van der Waals surface area contributed by atoms with Crippen LogP contribution in [0, 0.1) is 5.82 Å². The molecule has 0 saturated heterocycles. The maximum absolute atomic E-state index is 13.5. The maximum atomic E-state index is 13.5. The number of aldehydes is 1. The Labute approximate surface area is 118 Å². The molecule has 0 radical (unpaired) electrons.